The summed E-state index contributed by atoms with van der Waals surface area (Å²) in [6.07, 6.45) is 2.59. The Labute approximate surface area is 163 Å². The minimum absolute atomic E-state index is 0.0324. The molecule has 1 unspecified atom stereocenters. The fourth-order valence-electron chi connectivity index (χ4n) is 3.74. The maximum Gasteiger partial charge on any atom is 0.245 e. The Hall–Kier alpha value is -2.90. The highest BCUT2D eigenvalue weighted by Crippen LogP contribution is 2.28. The maximum atomic E-state index is 12.6. The molecule has 28 heavy (non-hydrogen) atoms. The molecule has 2 fully saturated rings. The third-order valence-corrected chi connectivity index (χ3v) is 5.18. The topological polar surface area (TPSA) is 87.7 Å². The van der Waals surface area contributed by atoms with E-state index in [1.165, 1.54) is 6.33 Å². The summed E-state index contributed by atoms with van der Waals surface area (Å²) in [4.78, 5) is 36.6. The molecule has 0 aliphatic carbocycles. The van der Waals surface area contributed by atoms with E-state index in [1.807, 2.05) is 30.9 Å². The Bertz CT molecular complexity index is 893. The quantitative estimate of drug-likeness (QED) is 0.857. The van der Waals surface area contributed by atoms with Crippen LogP contribution in [0.15, 0.2) is 24.5 Å². The van der Waals surface area contributed by atoms with Crippen LogP contribution in [-0.2, 0) is 9.59 Å². The Kier molecular flexibility index (Phi) is 5.02. The standard InChI is InChI=1S/C20H25N5O3/c1-13(2)28-19-15-11-14(3-4-16(15)21-12-22-19)24-7-9-25(10-8-24)20(27)17-5-6-18(26)23-17/h3-4,11-13,17H,5-10H2,1-2H3,(H,23,26). The molecule has 8 heteroatoms. The number of hydrogen-bond acceptors (Lipinski definition) is 6. The van der Waals surface area contributed by atoms with Crippen molar-refractivity contribution in [3.05, 3.63) is 24.5 Å². The van der Waals surface area contributed by atoms with Gasteiger partial charge in [-0.25, -0.2) is 9.97 Å². The summed E-state index contributed by atoms with van der Waals surface area (Å²) in [6, 6.07) is 5.73. The Morgan fingerprint density at radius 2 is 2.00 bits per heavy atom. The van der Waals surface area contributed by atoms with Crippen molar-refractivity contribution in [2.24, 2.45) is 0 Å². The number of fused-ring (bicyclic) bond motifs is 1. The Morgan fingerprint density at radius 1 is 1.21 bits per heavy atom. The van der Waals surface area contributed by atoms with E-state index in [1.54, 1.807) is 0 Å². The summed E-state index contributed by atoms with van der Waals surface area (Å²) in [5.41, 5.74) is 1.91. The number of ether oxygens (including phenoxy) is 1. The normalized spacial score (nSPS) is 20.0. The number of carbonyl (C=O) groups excluding carboxylic acids is 2. The molecule has 2 saturated heterocycles. The summed E-state index contributed by atoms with van der Waals surface area (Å²) in [6.45, 7) is 6.72. The first-order valence-electron chi connectivity index (χ1n) is 9.76. The highest BCUT2D eigenvalue weighted by molar-refractivity contribution is 5.91. The lowest BCUT2D eigenvalue weighted by molar-refractivity contribution is -0.134. The molecule has 148 valence electrons. The zero-order valence-electron chi connectivity index (χ0n) is 16.2. The molecule has 0 bridgehead atoms. The number of amides is 2. The molecule has 1 atom stereocenters. The number of anilines is 1. The van der Waals surface area contributed by atoms with Crippen molar-refractivity contribution in [1.29, 1.82) is 0 Å². The largest absolute Gasteiger partial charge is 0.474 e. The second kappa shape index (κ2) is 7.61. The third kappa shape index (κ3) is 3.72. The number of piperazine rings is 1. The molecule has 4 rings (SSSR count). The molecule has 2 amide bonds. The zero-order valence-corrected chi connectivity index (χ0v) is 16.2. The van der Waals surface area contributed by atoms with Crippen molar-refractivity contribution in [3.63, 3.8) is 0 Å². The summed E-state index contributed by atoms with van der Waals surface area (Å²) in [5.74, 6) is 0.590. The van der Waals surface area contributed by atoms with Crippen LogP contribution in [0.4, 0.5) is 5.69 Å². The molecule has 8 nitrogen and oxygen atoms in total. The SMILES string of the molecule is CC(C)Oc1ncnc2ccc(N3CCN(C(=O)C4CCC(=O)N4)CC3)cc12. The third-order valence-electron chi connectivity index (χ3n) is 5.18. The monoisotopic (exact) mass is 383 g/mol. The molecule has 2 aromatic rings. The van der Waals surface area contributed by atoms with E-state index >= 15 is 0 Å². The van der Waals surface area contributed by atoms with Gasteiger partial charge >= 0.3 is 0 Å². The number of nitrogens with one attached hydrogen (secondary N) is 1. The summed E-state index contributed by atoms with van der Waals surface area (Å²) >= 11 is 0. The van der Waals surface area contributed by atoms with Gasteiger partial charge in [0.15, 0.2) is 0 Å². The van der Waals surface area contributed by atoms with Crippen molar-refractivity contribution in [2.75, 3.05) is 31.1 Å². The lowest BCUT2D eigenvalue weighted by Crippen LogP contribution is -2.53. The van der Waals surface area contributed by atoms with E-state index in [-0.39, 0.29) is 24.0 Å². The average molecular weight is 383 g/mol. The predicted molar refractivity (Wildman–Crippen MR) is 105 cm³/mol. The van der Waals surface area contributed by atoms with Gasteiger partial charge in [0, 0.05) is 38.3 Å². The van der Waals surface area contributed by atoms with E-state index in [2.05, 4.69) is 26.3 Å². The molecular weight excluding hydrogens is 358 g/mol. The first-order valence-corrected chi connectivity index (χ1v) is 9.76. The number of benzene rings is 1. The lowest BCUT2D eigenvalue weighted by atomic mass is 10.1. The van der Waals surface area contributed by atoms with Crippen molar-refractivity contribution in [3.8, 4) is 5.88 Å². The van der Waals surface area contributed by atoms with Gasteiger partial charge in [-0.05, 0) is 38.5 Å². The van der Waals surface area contributed by atoms with E-state index in [9.17, 15) is 9.59 Å². The number of nitrogens with zero attached hydrogens (tertiary/aromatic N) is 4. The van der Waals surface area contributed by atoms with Gasteiger partial charge in [0.2, 0.25) is 17.7 Å². The first kappa shape index (κ1) is 18.5. The van der Waals surface area contributed by atoms with Gasteiger partial charge in [0.25, 0.3) is 0 Å². The van der Waals surface area contributed by atoms with E-state index in [0.29, 0.717) is 31.8 Å². The van der Waals surface area contributed by atoms with Crippen LogP contribution >= 0.6 is 0 Å². The van der Waals surface area contributed by atoms with E-state index < -0.39 is 0 Å². The van der Waals surface area contributed by atoms with Crippen LogP contribution in [-0.4, -0.2) is 65.0 Å². The fraction of sp³-hybridized carbons (Fsp3) is 0.500. The van der Waals surface area contributed by atoms with Crippen LogP contribution in [0.25, 0.3) is 10.9 Å². The average Bonchev–Trinajstić information content (AvgIpc) is 3.13. The summed E-state index contributed by atoms with van der Waals surface area (Å²) in [5, 5.41) is 3.65. The van der Waals surface area contributed by atoms with Crippen molar-refractivity contribution in [1.82, 2.24) is 20.2 Å². The molecular formula is C20H25N5O3. The lowest BCUT2D eigenvalue weighted by Gasteiger charge is -2.37. The molecule has 0 radical (unpaired) electrons. The molecule has 0 spiro atoms. The molecule has 0 saturated carbocycles. The Balaban J connectivity index is 1.46. The van der Waals surface area contributed by atoms with Crippen LogP contribution in [0.5, 0.6) is 5.88 Å². The van der Waals surface area contributed by atoms with Crippen LogP contribution in [0.3, 0.4) is 0 Å². The van der Waals surface area contributed by atoms with Crippen LogP contribution in [0.1, 0.15) is 26.7 Å². The summed E-state index contributed by atoms with van der Waals surface area (Å²) in [7, 11) is 0. The van der Waals surface area contributed by atoms with Gasteiger partial charge in [0.05, 0.1) is 17.0 Å². The van der Waals surface area contributed by atoms with Gasteiger partial charge in [0.1, 0.15) is 12.4 Å². The second-order valence-electron chi connectivity index (χ2n) is 7.52. The van der Waals surface area contributed by atoms with Crippen LogP contribution in [0.2, 0.25) is 0 Å². The van der Waals surface area contributed by atoms with Crippen molar-refractivity contribution >= 4 is 28.4 Å². The highest BCUT2D eigenvalue weighted by Gasteiger charge is 2.32. The van der Waals surface area contributed by atoms with Crippen LogP contribution in [0, 0.1) is 0 Å². The molecule has 1 aromatic heterocycles. The number of carbonyl (C=O) groups is 2. The number of rotatable bonds is 4. The van der Waals surface area contributed by atoms with Crippen molar-refractivity contribution in [2.45, 2.75) is 38.8 Å². The minimum Gasteiger partial charge on any atom is -0.474 e. The molecule has 3 heterocycles. The number of aromatic nitrogens is 2. The molecule has 1 aromatic carbocycles. The van der Waals surface area contributed by atoms with Crippen molar-refractivity contribution < 1.29 is 14.3 Å². The maximum absolute atomic E-state index is 12.6. The molecule has 1 N–H and O–H groups in total. The second-order valence-corrected chi connectivity index (χ2v) is 7.52. The first-order chi connectivity index (χ1) is 13.5. The van der Waals surface area contributed by atoms with Gasteiger partial charge in [-0.2, -0.15) is 0 Å². The molecule has 2 aliphatic rings. The fourth-order valence-corrected chi connectivity index (χ4v) is 3.74. The highest BCUT2D eigenvalue weighted by atomic mass is 16.5. The van der Waals surface area contributed by atoms with Crippen LogP contribution < -0.4 is 15.0 Å². The van der Waals surface area contributed by atoms with Gasteiger partial charge in [-0.15, -0.1) is 0 Å². The minimum atomic E-state index is -0.354. The van der Waals surface area contributed by atoms with E-state index in [4.69, 9.17) is 4.74 Å². The van der Waals surface area contributed by atoms with Gasteiger partial charge in [-0.1, -0.05) is 0 Å². The predicted octanol–water partition coefficient (Wildman–Crippen LogP) is 1.34. The molecule has 2 aliphatic heterocycles. The number of hydrogen-bond donors (Lipinski definition) is 1. The smallest absolute Gasteiger partial charge is 0.245 e. The zero-order chi connectivity index (χ0) is 19.7. The van der Waals surface area contributed by atoms with Gasteiger partial charge < -0.3 is 19.9 Å². The van der Waals surface area contributed by atoms with E-state index in [0.717, 1.165) is 29.7 Å². The Morgan fingerprint density at radius 3 is 2.68 bits per heavy atom. The van der Waals surface area contributed by atoms with Gasteiger partial charge in [-0.3, -0.25) is 9.59 Å². The summed E-state index contributed by atoms with van der Waals surface area (Å²) < 4.78 is 5.83.